The minimum Gasteiger partial charge on any atom is -0.484 e. The summed E-state index contributed by atoms with van der Waals surface area (Å²) >= 11 is 6.52. The van der Waals surface area contributed by atoms with Crippen molar-refractivity contribution in [3.8, 4) is 16.9 Å². The second-order valence-corrected chi connectivity index (χ2v) is 9.99. The van der Waals surface area contributed by atoms with E-state index in [1.807, 2.05) is 18.2 Å². The predicted octanol–water partition coefficient (Wildman–Crippen LogP) is 4.85. The highest BCUT2D eigenvalue weighted by molar-refractivity contribution is 6.32. The van der Waals surface area contributed by atoms with Crippen LogP contribution in [0.2, 0.25) is 5.02 Å². The lowest BCUT2D eigenvalue weighted by Crippen LogP contribution is -2.28. The van der Waals surface area contributed by atoms with Crippen LogP contribution in [-0.4, -0.2) is 58.3 Å². The molecule has 3 amide bonds. The molecular formula is C29H26ClFN4O5. The van der Waals surface area contributed by atoms with Crippen molar-refractivity contribution in [1.82, 2.24) is 15.2 Å². The molecule has 1 aromatic heterocycles. The van der Waals surface area contributed by atoms with E-state index in [9.17, 15) is 18.8 Å². The van der Waals surface area contributed by atoms with Crippen LogP contribution >= 0.6 is 11.6 Å². The van der Waals surface area contributed by atoms with Crippen LogP contribution < -0.4 is 15.4 Å². The number of carboxylic acid groups (broad SMARTS) is 1. The van der Waals surface area contributed by atoms with Crippen LogP contribution in [0.5, 0.6) is 5.75 Å². The number of nitrogens with zero attached hydrogens (tertiary/aromatic N) is 2. The summed E-state index contributed by atoms with van der Waals surface area (Å²) in [5.41, 5.74) is 3.89. The summed E-state index contributed by atoms with van der Waals surface area (Å²) in [6, 6.07) is 14.1. The molecule has 0 saturated carbocycles. The molecule has 1 fully saturated rings. The third-order valence-corrected chi connectivity index (χ3v) is 6.96. The number of hydrogen-bond donors (Lipinski definition) is 3. The number of carbonyl (C=O) groups excluding carboxylic acids is 2. The van der Waals surface area contributed by atoms with Crippen molar-refractivity contribution in [3.63, 3.8) is 0 Å². The first-order valence-corrected chi connectivity index (χ1v) is 13.1. The first kappa shape index (κ1) is 27.1. The Hall–Kier alpha value is -4.44. The lowest BCUT2D eigenvalue weighted by atomic mass is 9.99. The third-order valence-electron chi connectivity index (χ3n) is 6.68. The number of nitrogens with one attached hydrogen (secondary N) is 2. The van der Waals surface area contributed by atoms with E-state index in [2.05, 4.69) is 15.6 Å². The molecule has 2 aromatic carbocycles. The maximum Gasteiger partial charge on any atom is 0.410 e. The lowest BCUT2D eigenvalue weighted by Gasteiger charge is -2.15. The summed E-state index contributed by atoms with van der Waals surface area (Å²) in [5, 5.41) is 14.1. The van der Waals surface area contributed by atoms with E-state index in [1.54, 1.807) is 30.3 Å². The number of rotatable bonds is 7. The Balaban J connectivity index is 1.17. The number of likely N-dealkylation sites (tertiary alicyclic amines) is 1. The number of carbonyl (C=O) groups is 3. The fourth-order valence-electron chi connectivity index (χ4n) is 4.66. The average molecular weight is 565 g/mol. The molecule has 40 heavy (non-hydrogen) atoms. The molecule has 0 radical (unpaired) electrons. The van der Waals surface area contributed by atoms with Gasteiger partial charge < -0.3 is 20.1 Å². The van der Waals surface area contributed by atoms with Crippen molar-refractivity contribution in [1.29, 1.82) is 0 Å². The van der Waals surface area contributed by atoms with Crippen molar-refractivity contribution in [2.45, 2.75) is 31.7 Å². The number of pyridine rings is 1. The average Bonchev–Trinajstić information content (AvgIpc) is 3.57. The molecule has 0 spiro atoms. The van der Waals surface area contributed by atoms with Gasteiger partial charge in [-0.2, -0.15) is 0 Å². The van der Waals surface area contributed by atoms with Crippen LogP contribution in [0.15, 0.2) is 66.9 Å². The number of fused-ring (bicyclic) bond motifs is 1. The van der Waals surface area contributed by atoms with Gasteiger partial charge in [-0.05, 0) is 59.5 Å². The van der Waals surface area contributed by atoms with Gasteiger partial charge in [0.25, 0.3) is 5.91 Å². The van der Waals surface area contributed by atoms with Gasteiger partial charge in [0.05, 0.1) is 11.6 Å². The monoisotopic (exact) mass is 564 g/mol. The SMILES string of the molecule is O=C(O)Nc1ccc(CNC(=O)C=CC2Cc3cc(-c4ccc(C(=O)N5CCC(F)C5)cc4)cc(Cl)c3O2)cn1. The van der Waals surface area contributed by atoms with Gasteiger partial charge >= 0.3 is 6.09 Å². The van der Waals surface area contributed by atoms with Crippen LogP contribution in [-0.2, 0) is 17.8 Å². The number of ether oxygens (including phenoxy) is 1. The molecule has 0 aliphatic carbocycles. The summed E-state index contributed by atoms with van der Waals surface area (Å²) in [4.78, 5) is 41.1. The van der Waals surface area contributed by atoms with Crippen molar-refractivity contribution in [2.75, 3.05) is 18.4 Å². The van der Waals surface area contributed by atoms with Gasteiger partial charge in [-0.15, -0.1) is 0 Å². The van der Waals surface area contributed by atoms with Crippen molar-refractivity contribution in [3.05, 3.63) is 88.6 Å². The van der Waals surface area contributed by atoms with E-state index in [0.717, 1.165) is 16.7 Å². The van der Waals surface area contributed by atoms with Crippen LogP contribution in [0, 0.1) is 0 Å². The summed E-state index contributed by atoms with van der Waals surface area (Å²) in [6.45, 7) is 0.791. The zero-order valence-corrected chi connectivity index (χ0v) is 22.0. The molecule has 206 valence electrons. The van der Waals surface area contributed by atoms with Gasteiger partial charge in [-0.25, -0.2) is 14.2 Å². The Bertz CT molecular complexity index is 1460. The first-order chi connectivity index (χ1) is 19.2. The topological polar surface area (TPSA) is 121 Å². The number of aromatic nitrogens is 1. The quantitative estimate of drug-likeness (QED) is 0.353. The minimum absolute atomic E-state index is 0.137. The molecule has 3 heterocycles. The number of halogens is 2. The van der Waals surface area contributed by atoms with Crippen molar-refractivity contribution in [2.24, 2.45) is 0 Å². The Morgan fingerprint density at radius 2 is 1.95 bits per heavy atom. The van der Waals surface area contributed by atoms with Crippen molar-refractivity contribution >= 4 is 35.3 Å². The van der Waals surface area contributed by atoms with E-state index in [-0.39, 0.29) is 36.8 Å². The van der Waals surface area contributed by atoms with Gasteiger partial charge in [-0.3, -0.25) is 14.9 Å². The molecule has 3 aromatic rings. The highest BCUT2D eigenvalue weighted by Gasteiger charge is 2.27. The Morgan fingerprint density at radius 3 is 2.62 bits per heavy atom. The summed E-state index contributed by atoms with van der Waals surface area (Å²) in [5.74, 6) is 0.283. The van der Waals surface area contributed by atoms with E-state index in [4.69, 9.17) is 21.4 Å². The standard InChI is InChI=1S/C29H26ClFN4O5/c30-24-13-20(18-2-4-19(5-3-18)28(37)35-10-9-22(31)16-35)11-21-12-23(40-27(21)24)6-8-26(36)33-15-17-1-7-25(32-14-17)34-29(38)39/h1-8,11,13-14,22-23H,9-10,12,15-16H2,(H,32,34)(H,33,36)(H,38,39). The number of hydrogen-bond acceptors (Lipinski definition) is 5. The minimum atomic E-state index is -1.20. The van der Waals surface area contributed by atoms with Gasteiger partial charge in [0.2, 0.25) is 5.91 Å². The normalized spacial score (nSPS) is 17.9. The van der Waals surface area contributed by atoms with E-state index in [0.29, 0.717) is 41.3 Å². The molecule has 9 nitrogen and oxygen atoms in total. The van der Waals surface area contributed by atoms with Gasteiger partial charge in [-0.1, -0.05) is 29.8 Å². The molecular weight excluding hydrogens is 539 g/mol. The summed E-state index contributed by atoms with van der Waals surface area (Å²) < 4.78 is 19.4. The van der Waals surface area contributed by atoms with Crippen molar-refractivity contribution < 1.29 is 28.6 Å². The van der Waals surface area contributed by atoms with Gasteiger partial charge in [0.1, 0.15) is 23.8 Å². The molecule has 5 rings (SSSR count). The number of alkyl halides is 1. The molecule has 3 N–H and O–H groups in total. The fraction of sp³-hybridized carbons (Fsp3) is 0.241. The van der Waals surface area contributed by atoms with Crippen LogP contribution in [0.3, 0.4) is 0 Å². The molecule has 11 heteroatoms. The number of amides is 3. The lowest BCUT2D eigenvalue weighted by molar-refractivity contribution is -0.116. The zero-order valence-electron chi connectivity index (χ0n) is 21.3. The maximum atomic E-state index is 13.5. The smallest absolute Gasteiger partial charge is 0.410 e. The predicted molar refractivity (Wildman–Crippen MR) is 147 cm³/mol. The molecule has 0 bridgehead atoms. The Labute approximate surface area is 234 Å². The second kappa shape index (κ2) is 11.7. The highest BCUT2D eigenvalue weighted by Crippen LogP contribution is 2.40. The highest BCUT2D eigenvalue weighted by atomic mass is 35.5. The largest absolute Gasteiger partial charge is 0.484 e. The maximum absolute atomic E-state index is 13.5. The number of anilines is 1. The van der Waals surface area contributed by atoms with E-state index < -0.39 is 12.3 Å². The zero-order chi connectivity index (χ0) is 28.2. The molecule has 2 aliphatic rings. The van der Waals surface area contributed by atoms with Crippen LogP contribution in [0.1, 0.15) is 27.9 Å². The summed E-state index contributed by atoms with van der Waals surface area (Å²) in [7, 11) is 0. The second-order valence-electron chi connectivity index (χ2n) is 9.58. The van der Waals surface area contributed by atoms with E-state index in [1.165, 1.54) is 23.2 Å². The van der Waals surface area contributed by atoms with Crippen LogP contribution in [0.25, 0.3) is 11.1 Å². The van der Waals surface area contributed by atoms with E-state index >= 15 is 0 Å². The fourth-order valence-corrected chi connectivity index (χ4v) is 4.95. The molecule has 2 atom stereocenters. The third kappa shape index (κ3) is 6.40. The Morgan fingerprint density at radius 1 is 1.15 bits per heavy atom. The molecule has 1 saturated heterocycles. The molecule has 2 aliphatic heterocycles. The molecule has 2 unspecified atom stereocenters. The van der Waals surface area contributed by atoms with Crippen LogP contribution in [0.4, 0.5) is 15.0 Å². The first-order valence-electron chi connectivity index (χ1n) is 12.7. The van der Waals surface area contributed by atoms with Gasteiger partial charge in [0.15, 0.2) is 0 Å². The Kier molecular flexibility index (Phi) is 7.97. The summed E-state index contributed by atoms with van der Waals surface area (Å²) in [6.07, 6.45) is 2.93. The van der Waals surface area contributed by atoms with Gasteiger partial charge in [0, 0.05) is 42.9 Å². The number of benzene rings is 2.